The molecule has 0 aliphatic rings. The molecule has 2 heterocycles. The molecule has 0 bridgehead atoms. The van der Waals surface area contributed by atoms with Crippen LogP contribution in [0.5, 0.6) is 0 Å². The Hall–Kier alpha value is -8.60. The zero-order valence-corrected chi connectivity index (χ0v) is 34.8. The van der Waals surface area contributed by atoms with E-state index in [2.05, 4.69) is 228 Å². The molecule has 0 saturated carbocycles. The van der Waals surface area contributed by atoms with Gasteiger partial charge in [-0.2, -0.15) is 0 Å². The summed E-state index contributed by atoms with van der Waals surface area (Å²) in [6.45, 7) is 0. The molecule has 0 saturated heterocycles. The Morgan fingerprint density at radius 1 is 0.234 bits per heavy atom. The lowest BCUT2D eigenvalue weighted by atomic mass is 9.97. The van der Waals surface area contributed by atoms with E-state index in [0.717, 1.165) is 100 Å². The van der Waals surface area contributed by atoms with Crippen molar-refractivity contribution >= 4 is 78.0 Å². The maximum Gasteiger partial charge on any atom is 0.135 e. The first kappa shape index (κ1) is 37.2. The van der Waals surface area contributed by atoms with Crippen molar-refractivity contribution in [3.05, 3.63) is 243 Å². The number of hydrogen-bond acceptors (Lipinski definition) is 4. The van der Waals surface area contributed by atoms with Crippen LogP contribution in [0.15, 0.2) is 251 Å². The molecule has 12 rings (SSSR count). The zero-order chi connectivity index (χ0) is 42.4. The number of hydrogen-bond donors (Lipinski definition) is 0. The van der Waals surface area contributed by atoms with Crippen LogP contribution < -0.4 is 9.80 Å². The third kappa shape index (κ3) is 6.57. The van der Waals surface area contributed by atoms with E-state index >= 15 is 0 Å². The van der Waals surface area contributed by atoms with Crippen LogP contribution in [-0.2, 0) is 0 Å². The molecule has 0 spiro atoms. The van der Waals surface area contributed by atoms with Gasteiger partial charge < -0.3 is 18.6 Å². The van der Waals surface area contributed by atoms with E-state index < -0.39 is 0 Å². The highest BCUT2D eigenvalue weighted by molar-refractivity contribution is 6.08. The van der Waals surface area contributed by atoms with E-state index in [-0.39, 0.29) is 0 Å². The Kier molecular flexibility index (Phi) is 9.12. The van der Waals surface area contributed by atoms with E-state index in [1.165, 1.54) is 11.1 Å². The van der Waals surface area contributed by atoms with Crippen LogP contribution in [0.25, 0.3) is 77.3 Å². The Morgan fingerprint density at radius 3 is 1.00 bits per heavy atom. The minimum absolute atomic E-state index is 0.860. The largest absolute Gasteiger partial charge is 0.456 e. The fraction of sp³-hybridized carbons (Fsp3) is 0. The van der Waals surface area contributed by atoms with Gasteiger partial charge in [-0.1, -0.05) is 158 Å². The van der Waals surface area contributed by atoms with Gasteiger partial charge in [0.25, 0.3) is 0 Å². The summed E-state index contributed by atoms with van der Waals surface area (Å²) in [7, 11) is 0. The second-order valence-electron chi connectivity index (χ2n) is 16.1. The first-order chi connectivity index (χ1) is 31.7. The SMILES string of the molecule is c1ccc(-c2ccc(N(c3ccc4oc5ccccc5c4c3)c3ccccc3-c3ccccc3N(c3ccc(-c4ccccc4)cc3)c3ccc4oc5ccccc5c4c3)cc2)cc1. The van der Waals surface area contributed by atoms with Crippen LogP contribution in [-0.4, -0.2) is 0 Å². The average molecular weight is 821 g/mol. The van der Waals surface area contributed by atoms with Gasteiger partial charge in [0.1, 0.15) is 22.3 Å². The van der Waals surface area contributed by atoms with Crippen molar-refractivity contribution in [2.75, 3.05) is 9.80 Å². The molecule has 0 atom stereocenters. The number of rotatable bonds is 9. The summed E-state index contributed by atoms with van der Waals surface area (Å²) in [6.07, 6.45) is 0. The molecular weight excluding hydrogens is 781 g/mol. The molecule has 0 radical (unpaired) electrons. The molecule has 0 fully saturated rings. The molecule has 0 aliphatic carbocycles. The molecule has 0 amide bonds. The van der Waals surface area contributed by atoms with Gasteiger partial charge in [0, 0.05) is 55.4 Å². The second-order valence-corrected chi connectivity index (χ2v) is 16.1. The minimum Gasteiger partial charge on any atom is -0.456 e. The Morgan fingerprint density at radius 2 is 0.562 bits per heavy atom. The van der Waals surface area contributed by atoms with Crippen molar-refractivity contribution in [1.82, 2.24) is 0 Å². The van der Waals surface area contributed by atoms with Crippen molar-refractivity contribution in [2.45, 2.75) is 0 Å². The first-order valence-electron chi connectivity index (χ1n) is 21.7. The fourth-order valence-electron chi connectivity index (χ4n) is 9.22. The molecular formula is C60H40N2O2. The molecule has 10 aromatic carbocycles. The summed E-state index contributed by atoms with van der Waals surface area (Å²) < 4.78 is 12.7. The molecule has 12 aromatic rings. The Labute approximate surface area is 371 Å². The van der Waals surface area contributed by atoms with E-state index in [9.17, 15) is 0 Å². The Balaban J connectivity index is 1.06. The van der Waals surface area contributed by atoms with Crippen molar-refractivity contribution in [3.63, 3.8) is 0 Å². The summed E-state index contributed by atoms with van der Waals surface area (Å²) in [6, 6.07) is 86.0. The van der Waals surface area contributed by atoms with Crippen molar-refractivity contribution in [1.29, 1.82) is 0 Å². The Bertz CT molecular complexity index is 3370. The second kappa shape index (κ2) is 15.7. The normalized spacial score (nSPS) is 11.4. The van der Waals surface area contributed by atoms with Crippen molar-refractivity contribution in [2.24, 2.45) is 0 Å². The van der Waals surface area contributed by atoms with Crippen LogP contribution in [0.4, 0.5) is 34.1 Å². The lowest BCUT2D eigenvalue weighted by molar-refractivity contribution is 0.668. The van der Waals surface area contributed by atoms with Gasteiger partial charge in [0.05, 0.1) is 11.4 Å². The smallest absolute Gasteiger partial charge is 0.135 e. The van der Waals surface area contributed by atoms with Gasteiger partial charge in [-0.05, 0) is 107 Å². The van der Waals surface area contributed by atoms with Gasteiger partial charge in [0.2, 0.25) is 0 Å². The molecule has 64 heavy (non-hydrogen) atoms. The lowest BCUT2D eigenvalue weighted by Crippen LogP contribution is -2.13. The van der Waals surface area contributed by atoms with Gasteiger partial charge in [-0.25, -0.2) is 0 Å². The quantitative estimate of drug-likeness (QED) is 0.145. The van der Waals surface area contributed by atoms with E-state index in [0.29, 0.717) is 0 Å². The number of fused-ring (bicyclic) bond motifs is 6. The average Bonchev–Trinajstić information content (AvgIpc) is 3.93. The molecule has 2 aromatic heterocycles. The molecule has 4 nitrogen and oxygen atoms in total. The zero-order valence-electron chi connectivity index (χ0n) is 34.8. The molecule has 302 valence electrons. The van der Waals surface area contributed by atoms with Crippen LogP contribution in [0.3, 0.4) is 0 Å². The third-order valence-corrected chi connectivity index (χ3v) is 12.3. The first-order valence-corrected chi connectivity index (χ1v) is 21.7. The van der Waals surface area contributed by atoms with Gasteiger partial charge >= 0.3 is 0 Å². The third-order valence-electron chi connectivity index (χ3n) is 12.3. The molecule has 0 aliphatic heterocycles. The minimum atomic E-state index is 0.860. The van der Waals surface area contributed by atoms with E-state index in [4.69, 9.17) is 8.83 Å². The van der Waals surface area contributed by atoms with Gasteiger partial charge in [-0.3, -0.25) is 0 Å². The van der Waals surface area contributed by atoms with Crippen LogP contribution >= 0.6 is 0 Å². The maximum atomic E-state index is 6.33. The molecule has 4 heteroatoms. The number of nitrogens with zero attached hydrogens (tertiary/aromatic N) is 2. The van der Waals surface area contributed by atoms with Gasteiger partial charge in [0.15, 0.2) is 0 Å². The fourth-order valence-corrected chi connectivity index (χ4v) is 9.22. The topological polar surface area (TPSA) is 32.8 Å². The highest BCUT2D eigenvalue weighted by atomic mass is 16.3. The van der Waals surface area contributed by atoms with E-state index in [1.807, 2.05) is 24.3 Å². The monoisotopic (exact) mass is 820 g/mol. The van der Waals surface area contributed by atoms with Crippen LogP contribution in [0.2, 0.25) is 0 Å². The standard InChI is InChI=1S/C60H40N2O2/c1-3-15-41(16-4-1)43-27-31-45(32-28-43)61(47-35-37-59-53(39-47)51-21-9-13-25-57(51)63-59)55-23-11-7-19-49(55)50-20-8-12-24-56(50)62(46-33-29-44(30-34-46)42-17-5-2-6-18-42)48-36-38-60-54(40-48)52-22-10-14-26-58(52)64-60/h1-40H. The summed E-state index contributed by atoms with van der Waals surface area (Å²) in [5, 5.41) is 4.33. The van der Waals surface area contributed by atoms with Crippen LogP contribution in [0.1, 0.15) is 0 Å². The molecule has 0 unspecified atom stereocenters. The maximum absolute atomic E-state index is 6.33. The van der Waals surface area contributed by atoms with Crippen LogP contribution in [0, 0.1) is 0 Å². The summed E-state index contributed by atoms with van der Waals surface area (Å²) >= 11 is 0. The predicted molar refractivity (Wildman–Crippen MR) is 267 cm³/mol. The van der Waals surface area contributed by atoms with Crippen molar-refractivity contribution < 1.29 is 8.83 Å². The summed E-state index contributed by atoms with van der Waals surface area (Å²) in [5.41, 5.74) is 16.6. The van der Waals surface area contributed by atoms with Crippen molar-refractivity contribution in [3.8, 4) is 33.4 Å². The highest BCUT2D eigenvalue weighted by Crippen LogP contribution is 2.48. The van der Waals surface area contributed by atoms with E-state index in [1.54, 1.807) is 0 Å². The number of anilines is 6. The number of furan rings is 2. The summed E-state index contributed by atoms with van der Waals surface area (Å²) in [4.78, 5) is 4.76. The number of benzene rings is 10. The van der Waals surface area contributed by atoms with Gasteiger partial charge in [-0.15, -0.1) is 0 Å². The predicted octanol–water partition coefficient (Wildman–Crippen LogP) is 17.4. The lowest BCUT2D eigenvalue weighted by Gasteiger charge is -2.31. The number of para-hydroxylation sites is 4. The summed E-state index contributed by atoms with van der Waals surface area (Å²) in [5.74, 6) is 0. The molecule has 0 N–H and O–H groups in total. The highest BCUT2D eigenvalue weighted by Gasteiger charge is 2.24.